The fraction of sp³-hybridized carbons (Fsp3) is 0.333. The first-order chi connectivity index (χ1) is 13.8. The molecule has 0 radical (unpaired) electrons. The van der Waals surface area contributed by atoms with Gasteiger partial charge in [0.25, 0.3) is 10.0 Å². The Labute approximate surface area is 167 Å². The standard InChI is InChI=1S/C18H20N4O6S/c1-3-28-15-10-13(11-8-9-11)19-17(20-15)21-18(24)22-29(25,26)14-7-5-4-6-12(14)16(23)27-2/h4-7,10-11H,3,8-9H2,1-2H3,(H2,19,20,21,22,24). The second-order valence-electron chi connectivity index (χ2n) is 6.21. The first kappa shape index (κ1) is 20.5. The summed E-state index contributed by atoms with van der Waals surface area (Å²) in [5.41, 5.74) is 0.526. The van der Waals surface area contributed by atoms with Crippen molar-refractivity contribution in [2.24, 2.45) is 0 Å². The lowest BCUT2D eigenvalue weighted by Gasteiger charge is -2.12. The minimum atomic E-state index is -4.35. The van der Waals surface area contributed by atoms with Crippen molar-refractivity contribution in [2.75, 3.05) is 19.0 Å². The van der Waals surface area contributed by atoms with Crippen molar-refractivity contribution >= 4 is 28.0 Å². The number of sulfonamides is 1. The number of methoxy groups -OCH3 is 1. The zero-order valence-electron chi connectivity index (χ0n) is 15.8. The Balaban J connectivity index is 1.80. The Morgan fingerprint density at radius 2 is 1.93 bits per heavy atom. The minimum absolute atomic E-state index is 0.0770. The predicted molar refractivity (Wildman–Crippen MR) is 102 cm³/mol. The number of rotatable bonds is 7. The second-order valence-corrected chi connectivity index (χ2v) is 7.86. The number of hydrogen-bond acceptors (Lipinski definition) is 8. The fourth-order valence-electron chi connectivity index (χ4n) is 2.59. The molecule has 1 heterocycles. The number of hydrogen-bond donors (Lipinski definition) is 2. The molecule has 1 aliphatic carbocycles. The van der Waals surface area contributed by atoms with Crippen LogP contribution >= 0.6 is 0 Å². The van der Waals surface area contributed by atoms with Gasteiger partial charge in [0.1, 0.15) is 4.90 Å². The van der Waals surface area contributed by atoms with Gasteiger partial charge < -0.3 is 9.47 Å². The summed E-state index contributed by atoms with van der Waals surface area (Å²) >= 11 is 0. The molecule has 2 aromatic rings. The topological polar surface area (TPSA) is 137 Å². The highest BCUT2D eigenvalue weighted by Gasteiger charge is 2.28. The van der Waals surface area contributed by atoms with Gasteiger partial charge in [-0.2, -0.15) is 4.98 Å². The number of aromatic nitrogens is 2. The molecule has 0 spiro atoms. The first-order valence-electron chi connectivity index (χ1n) is 8.87. The van der Waals surface area contributed by atoms with Crippen LogP contribution < -0.4 is 14.8 Å². The van der Waals surface area contributed by atoms with Crippen molar-refractivity contribution in [3.05, 3.63) is 41.6 Å². The average Bonchev–Trinajstić information content (AvgIpc) is 3.52. The molecule has 0 bridgehead atoms. The molecule has 3 rings (SSSR count). The Kier molecular flexibility index (Phi) is 5.97. The minimum Gasteiger partial charge on any atom is -0.478 e. The van der Waals surface area contributed by atoms with Crippen LogP contribution in [0.2, 0.25) is 0 Å². The van der Waals surface area contributed by atoms with Crippen LogP contribution in [-0.4, -0.2) is 44.1 Å². The summed E-state index contributed by atoms with van der Waals surface area (Å²) in [6.07, 6.45) is 1.96. The van der Waals surface area contributed by atoms with Crippen LogP contribution in [0.15, 0.2) is 35.2 Å². The molecular formula is C18H20N4O6S. The van der Waals surface area contributed by atoms with E-state index in [0.29, 0.717) is 12.5 Å². The number of anilines is 1. The largest absolute Gasteiger partial charge is 0.478 e. The van der Waals surface area contributed by atoms with Gasteiger partial charge in [0.2, 0.25) is 11.8 Å². The molecule has 1 aliphatic rings. The highest BCUT2D eigenvalue weighted by Crippen LogP contribution is 2.40. The lowest BCUT2D eigenvalue weighted by molar-refractivity contribution is 0.0596. The molecular weight excluding hydrogens is 400 g/mol. The molecule has 0 atom stereocenters. The third kappa shape index (κ3) is 4.99. The Hall–Kier alpha value is -3.21. The normalized spacial score (nSPS) is 13.4. The SMILES string of the molecule is CCOc1cc(C2CC2)nc(NC(=O)NS(=O)(=O)c2ccccc2C(=O)OC)n1. The fourth-order valence-corrected chi connectivity index (χ4v) is 3.70. The van der Waals surface area contributed by atoms with Gasteiger partial charge in [0.05, 0.1) is 25.0 Å². The van der Waals surface area contributed by atoms with Crippen molar-refractivity contribution < 1.29 is 27.5 Å². The van der Waals surface area contributed by atoms with E-state index in [0.717, 1.165) is 25.6 Å². The van der Waals surface area contributed by atoms with Crippen molar-refractivity contribution in [1.29, 1.82) is 0 Å². The number of amides is 2. The van der Waals surface area contributed by atoms with Crippen molar-refractivity contribution in [3.8, 4) is 5.88 Å². The summed E-state index contributed by atoms with van der Waals surface area (Å²) in [6.45, 7) is 2.18. The van der Waals surface area contributed by atoms with Gasteiger partial charge in [0.15, 0.2) is 0 Å². The summed E-state index contributed by atoms with van der Waals surface area (Å²) in [4.78, 5) is 32.0. The van der Waals surface area contributed by atoms with E-state index in [1.54, 1.807) is 13.0 Å². The molecule has 1 saturated carbocycles. The smallest absolute Gasteiger partial charge is 0.339 e. The lowest BCUT2D eigenvalue weighted by atomic mass is 10.2. The van der Waals surface area contributed by atoms with E-state index in [1.165, 1.54) is 24.3 Å². The number of nitrogens with one attached hydrogen (secondary N) is 2. The number of benzene rings is 1. The molecule has 2 amide bonds. The first-order valence-corrected chi connectivity index (χ1v) is 10.3. The van der Waals surface area contributed by atoms with E-state index in [1.807, 2.05) is 4.72 Å². The Morgan fingerprint density at radius 1 is 1.21 bits per heavy atom. The van der Waals surface area contributed by atoms with E-state index in [2.05, 4.69) is 20.0 Å². The van der Waals surface area contributed by atoms with Crippen LogP contribution in [0.3, 0.4) is 0 Å². The second kappa shape index (κ2) is 8.43. The highest BCUT2D eigenvalue weighted by molar-refractivity contribution is 7.90. The van der Waals surface area contributed by atoms with Gasteiger partial charge >= 0.3 is 12.0 Å². The monoisotopic (exact) mass is 420 g/mol. The summed E-state index contributed by atoms with van der Waals surface area (Å²) in [7, 11) is -3.22. The van der Waals surface area contributed by atoms with Gasteiger partial charge in [-0.3, -0.25) is 5.32 Å². The summed E-state index contributed by atoms with van der Waals surface area (Å²) in [5, 5.41) is 2.30. The molecule has 1 aromatic heterocycles. The maximum Gasteiger partial charge on any atom is 0.339 e. The van der Waals surface area contributed by atoms with E-state index < -0.39 is 22.0 Å². The van der Waals surface area contributed by atoms with Gasteiger partial charge in [-0.05, 0) is 31.9 Å². The quantitative estimate of drug-likeness (QED) is 0.650. The summed E-state index contributed by atoms with van der Waals surface area (Å²) in [6, 6.07) is 6.02. The Bertz CT molecular complexity index is 1040. The molecule has 1 fully saturated rings. The number of urea groups is 1. The molecule has 2 N–H and O–H groups in total. The van der Waals surface area contributed by atoms with Crippen molar-refractivity contribution in [1.82, 2.24) is 14.7 Å². The third-order valence-electron chi connectivity index (χ3n) is 4.04. The van der Waals surface area contributed by atoms with Crippen LogP contribution in [0.25, 0.3) is 0 Å². The van der Waals surface area contributed by atoms with Crippen LogP contribution in [0.5, 0.6) is 5.88 Å². The molecule has 10 nitrogen and oxygen atoms in total. The number of esters is 1. The Morgan fingerprint density at radius 3 is 2.59 bits per heavy atom. The molecule has 1 aromatic carbocycles. The van der Waals surface area contributed by atoms with Crippen LogP contribution in [0, 0.1) is 0 Å². The number of carbonyl (C=O) groups is 2. The predicted octanol–water partition coefficient (Wildman–Crippen LogP) is 2.05. The van der Waals surface area contributed by atoms with Crippen LogP contribution in [-0.2, 0) is 14.8 Å². The van der Waals surface area contributed by atoms with E-state index >= 15 is 0 Å². The van der Waals surface area contributed by atoms with Gasteiger partial charge in [0, 0.05) is 12.0 Å². The molecule has 0 aliphatic heterocycles. The number of carbonyl (C=O) groups excluding carboxylic acids is 2. The summed E-state index contributed by atoms with van der Waals surface area (Å²) < 4.78 is 37.0. The van der Waals surface area contributed by atoms with E-state index in [-0.39, 0.29) is 22.3 Å². The van der Waals surface area contributed by atoms with E-state index in [9.17, 15) is 18.0 Å². The van der Waals surface area contributed by atoms with Crippen molar-refractivity contribution in [3.63, 3.8) is 0 Å². The van der Waals surface area contributed by atoms with Crippen LogP contribution in [0.4, 0.5) is 10.7 Å². The molecule has 29 heavy (non-hydrogen) atoms. The van der Waals surface area contributed by atoms with Crippen LogP contribution in [0.1, 0.15) is 41.7 Å². The van der Waals surface area contributed by atoms with Gasteiger partial charge in [-0.25, -0.2) is 27.7 Å². The number of nitrogens with zero attached hydrogens (tertiary/aromatic N) is 2. The lowest BCUT2D eigenvalue weighted by Crippen LogP contribution is -2.35. The molecule has 0 unspecified atom stereocenters. The number of ether oxygens (including phenoxy) is 2. The zero-order chi connectivity index (χ0) is 21.0. The summed E-state index contributed by atoms with van der Waals surface area (Å²) in [5.74, 6) is -0.352. The average molecular weight is 420 g/mol. The maximum absolute atomic E-state index is 12.6. The maximum atomic E-state index is 12.6. The molecule has 154 valence electrons. The molecule has 11 heteroatoms. The van der Waals surface area contributed by atoms with Gasteiger partial charge in [-0.15, -0.1) is 0 Å². The zero-order valence-corrected chi connectivity index (χ0v) is 16.7. The molecule has 0 saturated heterocycles. The third-order valence-corrected chi connectivity index (χ3v) is 5.43. The van der Waals surface area contributed by atoms with E-state index in [4.69, 9.17) is 4.74 Å². The van der Waals surface area contributed by atoms with Gasteiger partial charge in [-0.1, -0.05) is 12.1 Å². The highest BCUT2D eigenvalue weighted by atomic mass is 32.2. The van der Waals surface area contributed by atoms with Crippen molar-refractivity contribution in [2.45, 2.75) is 30.6 Å².